The molecule has 1 aliphatic heterocycles. The largest absolute Gasteiger partial charge is 0.324 e. The molecule has 1 fully saturated rings. The Morgan fingerprint density at radius 3 is 2.61 bits per heavy atom. The smallest absolute Gasteiger partial charge is 0.241 e. The fourth-order valence-corrected chi connectivity index (χ4v) is 2.43. The van der Waals surface area contributed by atoms with Crippen LogP contribution in [-0.2, 0) is 4.79 Å². The predicted molar refractivity (Wildman–Crippen MR) is 74.9 cm³/mol. The van der Waals surface area contributed by atoms with Crippen molar-refractivity contribution in [3.05, 3.63) is 28.8 Å². The van der Waals surface area contributed by atoms with E-state index in [0.29, 0.717) is 0 Å². The number of amides is 1. The molecule has 1 aromatic carbocycles. The maximum absolute atomic E-state index is 12.2. The molecular weight excluding hydrogens is 224 g/mol. The zero-order chi connectivity index (χ0) is 13.1. The molecule has 98 valence electrons. The van der Waals surface area contributed by atoms with E-state index in [1.54, 1.807) is 0 Å². The maximum atomic E-state index is 12.2. The number of rotatable bonds is 2. The van der Waals surface area contributed by atoms with Gasteiger partial charge in [0.05, 0.1) is 6.04 Å². The Hall–Kier alpha value is -1.35. The summed E-state index contributed by atoms with van der Waals surface area (Å²) in [6.07, 6.45) is 3.25. The Morgan fingerprint density at radius 2 is 1.94 bits per heavy atom. The Bertz CT molecular complexity index is 448. The number of nitrogens with one attached hydrogen (secondary N) is 2. The van der Waals surface area contributed by atoms with Crippen LogP contribution in [0.25, 0.3) is 0 Å². The molecule has 2 N–H and O–H groups in total. The highest BCUT2D eigenvalue weighted by Gasteiger charge is 2.21. The summed E-state index contributed by atoms with van der Waals surface area (Å²) in [7, 11) is 0. The zero-order valence-electron chi connectivity index (χ0n) is 11.5. The molecule has 18 heavy (non-hydrogen) atoms. The Balaban J connectivity index is 2.13. The Kier molecular flexibility index (Phi) is 4.02. The molecule has 1 atom stereocenters. The van der Waals surface area contributed by atoms with Gasteiger partial charge in [-0.05, 0) is 56.8 Å². The monoisotopic (exact) mass is 246 g/mol. The van der Waals surface area contributed by atoms with Gasteiger partial charge in [0.2, 0.25) is 5.91 Å². The second kappa shape index (κ2) is 5.53. The van der Waals surface area contributed by atoms with Crippen LogP contribution in [0, 0.1) is 20.8 Å². The highest BCUT2D eigenvalue weighted by Crippen LogP contribution is 2.23. The number of hydrogen-bond donors (Lipinski definition) is 2. The quantitative estimate of drug-likeness (QED) is 0.842. The summed E-state index contributed by atoms with van der Waals surface area (Å²) in [5.41, 5.74) is 4.49. The summed E-state index contributed by atoms with van der Waals surface area (Å²) in [6.45, 7) is 7.12. The summed E-state index contributed by atoms with van der Waals surface area (Å²) >= 11 is 0. The van der Waals surface area contributed by atoms with E-state index in [9.17, 15) is 4.79 Å². The van der Waals surface area contributed by atoms with Crippen molar-refractivity contribution in [3.8, 4) is 0 Å². The number of benzene rings is 1. The van der Waals surface area contributed by atoms with E-state index in [4.69, 9.17) is 0 Å². The van der Waals surface area contributed by atoms with Crippen molar-refractivity contribution in [2.24, 2.45) is 0 Å². The number of hydrogen-bond acceptors (Lipinski definition) is 2. The fourth-order valence-electron chi connectivity index (χ4n) is 2.43. The summed E-state index contributed by atoms with van der Waals surface area (Å²) in [5.74, 6) is 0.103. The Morgan fingerprint density at radius 1 is 1.22 bits per heavy atom. The lowest BCUT2D eigenvalue weighted by molar-refractivity contribution is -0.118. The van der Waals surface area contributed by atoms with Crippen LogP contribution >= 0.6 is 0 Å². The van der Waals surface area contributed by atoms with E-state index < -0.39 is 0 Å². The standard InChI is InChI=1S/C15H22N2O/c1-10-7-8-11(2)14(12(10)3)17-15(18)13-6-4-5-9-16-13/h7-8,13,16H,4-6,9H2,1-3H3,(H,17,18). The second-order valence-electron chi connectivity index (χ2n) is 5.19. The van der Waals surface area contributed by atoms with Crippen LogP contribution in [0.15, 0.2) is 12.1 Å². The first-order chi connectivity index (χ1) is 8.59. The van der Waals surface area contributed by atoms with Crippen LogP contribution < -0.4 is 10.6 Å². The lowest BCUT2D eigenvalue weighted by atomic mass is 10.0. The average molecular weight is 246 g/mol. The molecule has 0 spiro atoms. The van der Waals surface area contributed by atoms with Crippen LogP contribution in [0.3, 0.4) is 0 Å². The van der Waals surface area contributed by atoms with E-state index in [1.807, 2.05) is 6.92 Å². The molecule has 1 aromatic rings. The predicted octanol–water partition coefficient (Wildman–Crippen LogP) is 2.69. The van der Waals surface area contributed by atoms with Gasteiger partial charge >= 0.3 is 0 Å². The first kappa shape index (κ1) is 13.1. The first-order valence-electron chi connectivity index (χ1n) is 6.70. The van der Waals surface area contributed by atoms with Crippen molar-refractivity contribution in [1.29, 1.82) is 0 Å². The molecule has 0 bridgehead atoms. The van der Waals surface area contributed by atoms with E-state index in [0.717, 1.165) is 30.6 Å². The number of anilines is 1. The molecule has 0 aromatic heterocycles. The van der Waals surface area contributed by atoms with Gasteiger partial charge in [-0.3, -0.25) is 4.79 Å². The topological polar surface area (TPSA) is 41.1 Å². The number of carbonyl (C=O) groups is 1. The van der Waals surface area contributed by atoms with Gasteiger partial charge in [0.1, 0.15) is 0 Å². The minimum Gasteiger partial charge on any atom is -0.324 e. The van der Waals surface area contributed by atoms with Gasteiger partial charge in [-0.2, -0.15) is 0 Å². The lowest BCUT2D eigenvalue weighted by Gasteiger charge is -2.23. The average Bonchev–Trinajstić information content (AvgIpc) is 2.40. The van der Waals surface area contributed by atoms with Crippen LogP contribution in [0.4, 0.5) is 5.69 Å². The van der Waals surface area contributed by atoms with Gasteiger partial charge in [0.15, 0.2) is 0 Å². The molecule has 3 heteroatoms. The number of piperidine rings is 1. The summed E-state index contributed by atoms with van der Waals surface area (Å²) in [5, 5.41) is 6.37. The Labute approximate surface area is 109 Å². The number of aryl methyl sites for hydroxylation is 2. The first-order valence-corrected chi connectivity index (χ1v) is 6.70. The summed E-state index contributed by atoms with van der Waals surface area (Å²) < 4.78 is 0. The fraction of sp³-hybridized carbons (Fsp3) is 0.533. The van der Waals surface area contributed by atoms with Gasteiger partial charge in [0, 0.05) is 5.69 Å². The van der Waals surface area contributed by atoms with Crippen LogP contribution in [0.5, 0.6) is 0 Å². The van der Waals surface area contributed by atoms with Crippen molar-refractivity contribution in [2.75, 3.05) is 11.9 Å². The molecule has 0 radical (unpaired) electrons. The van der Waals surface area contributed by atoms with Crippen molar-refractivity contribution in [3.63, 3.8) is 0 Å². The van der Waals surface area contributed by atoms with E-state index in [1.165, 1.54) is 17.5 Å². The van der Waals surface area contributed by atoms with E-state index >= 15 is 0 Å². The molecule has 1 saturated heterocycles. The molecule has 2 rings (SSSR count). The van der Waals surface area contributed by atoms with Gasteiger partial charge in [-0.15, -0.1) is 0 Å². The van der Waals surface area contributed by atoms with Gasteiger partial charge in [0.25, 0.3) is 0 Å². The molecule has 1 aliphatic rings. The van der Waals surface area contributed by atoms with Crippen molar-refractivity contribution in [2.45, 2.75) is 46.1 Å². The minimum atomic E-state index is -0.0296. The molecule has 0 aliphatic carbocycles. The molecule has 1 heterocycles. The van der Waals surface area contributed by atoms with Crippen molar-refractivity contribution < 1.29 is 4.79 Å². The second-order valence-corrected chi connectivity index (χ2v) is 5.19. The lowest BCUT2D eigenvalue weighted by Crippen LogP contribution is -2.43. The van der Waals surface area contributed by atoms with Crippen LogP contribution in [0.2, 0.25) is 0 Å². The SMILES string of the molecule is Cc1ccc(C)c(NC(=O)C2CCCCN2)c1C. The van der Waals surface area contributed by atoms with Crippen LogP contribution in [0.1, 0.15) is 36.0 Å². The molecule has 1 unspecified atom stereocenters. The van der Waals surface area contributed by atoms with Crippen LogP contribution in [-0.4, -0.2) is 18.5 Å². The molecule has 0 saturated carbocycles. The van der Waals surface area contributed by atoms with Crippen molar-refractivity contribution in [1.82, 2.24) is 5.32 Å². The van der Waals surface area contributed by atoms with E-state index in [-0.39, 0.29) is 11.9 Å². The maximum Gasteiger partial charge on any atom is 0.241 e. The van der Waals surface area contributed by atoms with Crippen molar-refractivity contribution >= 4 is 11.6 Å². The molecule has 1 amide bonds. The highest BCUT2D eigenvalue weighted by atomic mass is 16.2. The zero-order valence-corrected chi connectivity index (χ0v) is 11.5. The highest BCUT2D eigenvalue weighted by molar-refractivity contribution is 5.96. The third-order valence-electron chi connectivity index (χ3n) is 3.82. The normalized spacial score (nSPS) is 19.6. The summed E-state index contributed by atoms with van der Waals surface area (Å²) in [4.78, 5) is 12.2. The minimum absolute atomic E-state index is 0.0296. The summed E-state index contributed by atoms with van der Waals surface area (Å²) in [6, 6.07) is 4.13. The third-order valence-corrected chi connectivity index (χ3v) is 3.82. The third kappa shape index (κ3) is 2.72. The van der Waals surface area contributed by atoms with Gasteiger partial charge in [-0.1, -0.05) is 18.6 Å². The van der Waals surface area contributed by atoms with Gasteiger partial charge in [-0.25, -0.2) is 0 Å². The molecule has 3 nitrogen and oxygen atoms in total. The molecular formula is C15H22N2O. The van der Waals surface area contributed by atoms with Gasteiger partial charge < -0.3 is 10.6 Å². The number of carbonyl (C=O) groups excluding carboxylic acids is 1. The van der Waals surface area contributed by atoms with E-state index in [2.05, 4.69) is 36.6 Å².